The monoisotopic (exact) mass is 528 g/mol. The van der Waals surface area contributed by atoms with Crippen molar-refractivity contribution in [3.63, 3.8) is 0 Å². The summed E-state index contributed by atoms with van der Waals surface area (Å²) < 4.78 is 36.3. The lowest BCUT2D eigenvalue weighted by atomic mass is 9.77. The first-order chi connectivity index (χ1) is 18.4. The molecule has 3 aromatic carbocycles. The Bertz CT molecular complexity index is 1510. The first kappa shape index (κ1) is 26.1. The molecule has 0 aliphatic heterocycles. The first-order valence-electron chi connectivity index (χ1n) is 13.0. The van der Waals surface area contributed by atoms with Crippen molar-refractivity contribution in [1.82, 2.24) is 9.71 Å². The molecule has 1 fully saturated rings. The molecule has 6 nitrogen and oxygen atoms in total. The van der Waals surface area contributed by atoms with E-state index in [4.69, 9.17) is 4.74 Å². The number of nitrogens with one attached hydrogen (secondary N) is 1. The molecule has 0 saturated heterocycles. The maximum absolute atomic E-state index is 13.7. The van der Waals surface area contributed by atoms with Gasteiger partial charge in [-0.3, -0.25) is 4.79 Å². The summed E-state index contributed by atoms with van der Waals surface area (Å²) in [6.07, 6.45) is 4.22. The summed E-state index contributed by atoms with van der Waals surface area (Å²) in [5, 5.41) is -0.167. The lowest BCUT2D eigenvalue weighted by molar-refractivity contribution is -0.116. The van der Waals surface area contributed by atoms with Crippen LogP contribution in [0.3, 0.4) is 0 Å². The summed E-state index contributed by atoms with van der Waals surface area (Å²) in [5.74, 6) is 0.282. The minimum atomic E-state index is -3.99. The second kappa shape index (κ2) is 11.1. The van der Waals surface area contributed by atoms with Crippen LogP contribution in [0.2, 0.25) is 0 Å². The van der Waals surface area contributed by atoms with Crippen LogP contribution in [0.5, 0.6) is 5.75 Å². The van der Waals surface area contributed by atoms with E-state index in [-0.39, 0.29) is 0 Å². The van der Waals surface area contributed by atoms with Gasteiger partial charge in [-0.05, 0) is 55.2 Å². The number of hydrogen-bond acceptors (Lipinski definition) is 5. The Morgan fingerprint density at radius 3 is 2.29 bits per heavy atom. The third-order valence-electron chi connectivity index (χ3n) is 7.28. The van der Waals surface area contributed by atoms with Gasteiger partial charge in [0.25, 0.3) is 0 Å². The molecule has 38 heavy (non-hydrogen) atoms. The van der Waals surface area contributed by atoms with Gasteiger partial charge in [0.1, 0.15) is 12.4 Å². The lowest BCUT2D eigenvalue weighted by Gasteiger charge is -2.39. The number of sulfonamides is 1. The van der Waals surface area contributed by atoms with Crippen molar-refractivity contribution in [2.75, 3.05) is 0 Å². The van der Waals surface area contributed by atoms with E-state index in [0.29, 0.717) is 30.8 Å². The quantitative estimate of drug-likeness (QED) is 0.279. The van der Waals surface area contributed by atoms with E-state index >= 15 is 0 Å². The minimum Gasteiger partial charge on any atom is -0.487 e. The van der Waals surface area contributed by atoms with E-state index in [1.165, 1.54) is 6.92 Å². The third kappa shape index (κ3) is 5.64. The van der Waals surface area contributed by atoms with Crippen molar-refractivity contribution in [2.24, 2.45) is 0 Å². The Balaban J connectivity index is 1.36. The number of ketones is 1. The van der Waals surface area contributed by atoms with Crippen LogP contribution in [0.15, 0.2) is 91.0 Å². The highest BCUT2D eigenvalue weighted by molar-refractivity contribution is 7.90. The van der Waals surface area contributed by atoms with Gasteiger partial charge in [0.15, 0.2) is 11.0 Å². The zero-order valence-corrected chi connectivity index (χ0v) is 22.3. The Labute approximate surface area is 224 Å². The van der Waals surface area contributed by atoms with Crippen LogP contribution in [0.25, 0.3) is 10.9 Å². The number of fused-ring (bicyclic) bond motifs is 1. The topological polar surface area (TPSA) is 85.4 Å². The van der Waals surface area contributed by atoms with Crippen LogP contribution in [-0.4, -0.2) is 19.2 Å². The van der Waals surface area contributed by atoms with Crippen molar-refractivity contribution in [1.29, 1.82) is 0 Å². The molecule has 7 heteroatoms. The van der Waals surface area contributed by atoms with Crippen molar-refractivity contribution >= 4 is 26.7 Å². The fourth-order valence-electron chi connectivity index (χ4n) is 5.41. The number of ether oxygens (including phenoxy) is 1. The average Bonchev–Trinajstić information content (AvgIpc) is 2.92. The molecule has 1 aromatic heterocycles. The largest absolute Gasteiger partial charge is 0.487 e. The van der Waals surface area contributed by atoms with E-state index in [1.54, 1.807) is 24.3 Å². The number of benzene rings is 3. The highest BCUT2D eigenvalue weighted by Crippen LogP contribution is 2.40. The molecule has 1 N–H and O–H groups in total. The van der Waals surface area contributed by atoms with E-state index < -0.39 is 26.6 Å². The van der Waals surface area contributed by atoms with Crippen molar-refractivity contribution in [2.45, 2.75) is 56.4 Å². The number of carbonyl (C=O) groups is 1. The predicted octanol–water partition coefficient (Wildman–Crippen LogP) is 6.22. The second-order valence-electron chi connectivity index (χ2n) is 10.00. The predicted molar refractivity (Wildman–Crippen MR) is 149 cm³/mol. The smallest absolute Gasteiger partial charge is 0.226 e. The molecule has 1 atom stereocenters. The zero-order chi connectivity index (χ0) is 26.6. The molecule has 1 heterocycles. The van der Waals surface area contributed by atoms with Crippen LogP contribution in [0.4, 0.5) is 0 Å². The fourth-order valence-corrected chi connectivity index (χ4v) is 7.35. The van der Waals surface area contributed by atoms with Crippen LogP contribution in [-0.2, 0) is 27.0 Å². The van der Waals surface area contributed by atoms with E-state index in [1.807, 2.05) is 66.7 Å². The van der Waals surface area contributed by atoms with Gasteiger partial charge in [0.2, 0.25) is 10.0 Å². The van der Waals surface area contributed by atoms with E-state index in [2.05, 4.69) is 9.71 Å². The molecule has 196 valence electrons. The molecule has 0 bridgehead atoms. The normalized spacial score (nSPS) is 16.1. The zero-order valence-electron chi connectivity index (χ0n) is 21.5. The summed E-state index contributed by atoms with van der Waals surface area (Å²) in [4.78, 5) is 17.2. The Hall–Kier alpha value is -3.55. The molecule has 1 aliphatic rings. The lowest BCUT2D eigenvalue weighted by Crippen LogP contribution is -2.49. The summed E-state index contributed by atoms with van der Waals surface area (Å²) in [7, 11) is -3.99. The SMILES string of the molecule is CC(=O)C(c1ccccc1)S(=O)(=O)NC1(c2ccc(OCc3ccc4ccccc4n3)cc2)CCCCC1. The van der Waals surface area contributed by atoms with Gasteiger partial charge < -0.3 is 4.74 Å². The van der Waals surface area contributed by atoms with Crippen LogP contribution in [0.1, 0.15) is 61.1 Å². The molecule has 0 radical (unpaired) electrons. The highest BCUT2D eigenvalue weighted by atomic mass is 32.2. The molecule has 0 amide bonds. The van der Waals surface area contributed by atoms with Crippen LogP contribution in [0, 0.1) is 0 Å². The van der Waals surface area contributed by atoms with Gasteiger partial charge in [-0.15, -0.1) is 0 Å². The third-order valence-corrected chi connectivity index (χ3v) is 9.18. The number of rotatable bonds is 9. The van der Waals surface area contributed by atoms with Gasteiger partial charge in [-0.25, -0.2) is 18.1 Å². The van der Waals surface area contributed by atoms with Gasteiger partial charge in [-0.1, -0.05) is 86.0 Å². The van der Waals surface area contributed by atoms with Crippen LogP contribution < -0.4 is 9.46 Å². The second-order valence-corrected chi connectivity index (χ2v) is 11.8. The van der Waals surface area contributed by atoms with Crippen LogP contribution >= 0.6 is 0 Å². The van der Waals surface area contributed by atoms with Gasteiger partial charge in [-0.2, -0.15) is 0 Å². The number of Topliss-reactive ketones (excluding diaryl/α,β-unsaturated/α-hetero) is 1. The number of pyridine rings is 1. The number of para-hydroxylation sites is 1. The fraction of sp³-hybridized carbons (Fsp3) is 0.290. The number of nitrogens with zero attached hydrogens (tertiary/aromatic N) is 1. The van der Waals surface area contributed by atoms with Gasteiger partial charge in [0.05, 0.1) is 16.7 Å². The summed E-state index contributed by atoms with van der Waals surface area (Å²) in [6.45, 7) is 1.67. The Kier molecular flexibility index (Phi) is 7.58. The van der Waals surface area contributed by atoms with Crippen molar-refractivity contribution in [3.05, 3.63) is 108 Å². The molecule has 1 saturated carbocycles. The molecule has 1 aliphatic carbocycles. The number of carbonyl (C=O) groups excluding carboxylic acids is 1. The van der Waals surface area contributed by atoms with Crippen molar-refractivity contribution in [3.8, 4) is 5.75 Å². The molecule has 5 rings (SSSR count). The molecule has 4 aromatic rings. The highest BCUT2D eigenvalue weighted by Gasteiger charge is 2.42. The van der Waals surface area contributed by atoms with Gasteiger partial charge >= 0.3 is 0 Å². The van der Waals surface area contributed by atoms with E-state index in [9.17, 15) is 13.2 Å². The Morgan fingerprint density at radius 2 is 1.58 bits per heavy atom. The van der Waals surface area contributed by atoms with E-state index in [0.717, 1.165) is 41.4 Å². The summed E-state index contributed by atoms with van der Waals surface area (Å²) in [6, 6.07) is 28.3. The summed E-state index contributed by atoms with van der Waals surface area (Å²) in [5.41, 5.74) is 2.35. The average molecular weight is 529 g/mol. The van der Waals surface area contributed by atoms with Gasteiger partial charge in [0, 0.05) is 5.39 Å². The number of hydrogen-bond donors (Lipinski definition) is 1. The summed E-state index contributed by atoms with van der Waals surface area (Å²) >= 11 is 0. The standard InChI is InChI=1S/C31H32N2O4S/c1-23(34)30(25-11-4-2-5-12-25)38(35,36)33-31(20-8-3-9-21-31)26-15-18-28(19-16-26)37-22-27-17-14-24-10-6-7-13-29(24)32-27/h2,4-7,10-19,30,33H,3,8-9,20-22H2,1H3. The molecular weight excluding hydrogens is 496 g/mol. The first-order valence-corrected chi connectivity index (χ1v) is 14.6. The maximum Gasteiger partial charge on any atom is 0.226 e. The maximum atomic E-state index is 13.7. The molecule has 1 unspecified atom stereocenters. The molecular formula is C31H32N2O4S. The Morgan fingerprint density at radius 1 is 0.895 bits per heavy atom. The minimum absolute atomic E-state index is 0.333. The number of aromatic nitrogens is 1. The van der Waals surface area contributed by atoms with Crippen molar-refractivity contribution < 1.29 is 17.9 Å². The molecule has 0 spiro atoms.